The van der Waals surface area contributed by atoms with E-state index in [2.05, 4.69) is 15.8 Å². The number of hydrogen-bond donors (Lipinski definition) is 3. The second kappa shape index (κ2) is 8.14. The Hall–Kier alpha value is -3.67. The molecule has 3 aromatic rings. The van der Waals surface area contributed by atoms with Crippen molar-refractivity contribution in [3.05, 3.63) is 77.9 Å². The van der Waals surface area contributed by atoms with Crippen LogP contribution in [0.2, 0.25) is 0 Å². The maximum atomic E-state index is 12.0. The normalized spacial score (nSPS) is 12.0. The fraction of sp³-hybridized carbons (Fsp3) is 0.0952. The van der Waals surface area contributed by atoms with Gasteiger partial charge in [-0.2, -0.15) is 5.10 Å². The van der Waals surface area contributed by atoms with E-state index in [-0.39, 0.29) is 11.8 Å². The molecular formula is C21H19N3O3. The number of hydrogen-bond acceptors (Lipinski definition) is 4. The van der Waals surface area contributed by atoms with Gasteiger partial charge in [-0.05, 0) is 29.3 Å². The van der Waals surface area contributed by atoms with Gasteiger partial charge >= 0.3 is 11.8 Å². The summed E-state index contributed by atoms with van der Waals surface area (Å²) < 4.78 is 0. The predicted molar refractivity (Wildman–Crippen MR) is 104 cm³/mol. The largest absolute Gasteiger partial charge is 0.507 e. The van der Waals surface area contributed by atoms with E-state index in [0.717, 1.165) is 16.3 Å². The molecule has 2 amide bonds. The Balaban J connectivity index is 1.65. The molecule has 136 valence electrons. The summed E-state index contributed by atoms with van der Waals surface area (Å²) in [5, 5.41) is 18.2. The zero-order valence-electron chi connectivity index (χ0n) is 14.7. The molecular weight excluding hydrogens is 342 g/mol. The van der Waals surface area contributed by atoms with Crippen molar-refractivity contribution in [3.63, 3.8) is 0 Å². The van der Waals surface area contributed by atoms with Gasteiger partial charge in [0.1, 0.15) is 5.75 Å². The molecule has 3 N–H and O–H groups in total. The third-order valence-corrected chi connectivity index (χ3v) is 4.16. The molecule has 3 aromatic carbocycles. The summed E-state index contributed by atoms with van der Waals surface area (Å²) in [6, 6.07) is 19.8. The van der Waals surface area contributed by atoms with Crippen molar-refractivity contribution >= 4 is 28.8 Å². The smallest absolute Gasteiger partial charge is 0.329 e. The molecule has 0 spiro atoms. The Morgan fingerprint density at radius 2 is 1.67 bits per heavy atom. The Kier molecular flexibility index (Phi) is 5.47. The molecule has 0 aromatic heterocycles. The van der Waals surface area contributed by atoms with Crippen LogP contribution in [0.15, 0.2) is 71.8 Å². The van der Waals surface area contributed by atoms with Crippen LogP contribution in [0.3, 0.4) is 0 Å². The lowest BCUT2D eigenvalue weighted by Crippen LogP contribution is -2.39. The van der Waals surface area contributed by atoms with Crippen LogP contribution in [0.25, 0.3) is 10.8 Å². The monoisotopic (exact) mass is 361 g/mol. The average molecular weight is 361 g/mol. The molecule has 0 saturated heterocycles. The van der Waals surface area contributed by atoms with Gasteiger partial charge in [0.15, 0.2) is 0 Å². The van der Waals surface area contributed by atoms with Crippen LogP contribution >= 0.6 is 0 Å². The molecule has 27 heavy (non-hydrogen) atoms. The summed E-state index contributed by atoms with van der Waals surface area (Å²) in [6.45, 7) is 1.79. The number of phenols is 1. The molecule has 0 bridgehead atoms. The van der Waals surface area contributed by atoms with Crippen LogP contribution < -0.4 is 10.7 Å². The standard InChI is InChI=1S/C21H19N3O3/c1-14(15-7-3-2-4-8-15)23-20(26)21(27)24-22-13-18-17-10-6-5-9-16(17)11-12-19(18)25/h2-14,25H,1H3,(H,23,26)(H,24,27)/b22-13-/t14-/m0/s1. The highest BCUT2D eigenvalue weighted by molar-refractivity contribution is 6.35. The summed E-state index contributed by atoms with van der Waals surface area (Å²) in [6.07, 6.45) is 1.32. The third kappa shape index (κ3) is 4.30. The Bertz CT molecular complexity index is 1000. The van der Waals surface area contributed by atoms with E-state index in [1.54, 1.807) is 19.1 Å². The predicted octanol–water partition coefficient (Wildman–Crippen LogP) is 2.87. The molecule has 3 rings (SSSR count). The SMILES string of the molecule is C[C@H](NC(=O)C(=O)N/N=C\c1c(O)ccc2ccccc12)c1ccccc1. The molecule has 0 aliphatic heterocycles. The molecule has 0 fully saturated rings. The van der Waals surface area contributed by atoms with Crippen LogP contribution in [-0.4, -0.2) is 23.1 Å². The van der Waals surface area contributed by atoms with E-state index in [1.807, 2.05) is 54.6 Å². The number of nitrogens with zero attached hydrogens (tertiary/aromatic N) is 1. The molecule has 0 saturated carbocycles. The quantitative estimate of drug-likeness (QED) is 0.379. The first-order valence-electron chi connectivity index (χ1n) is 8.46. The van der Waals surface area contributed by atoms with Gasteiger partial charge in [-0.1, -0.05) is 60.7 Å². The third-order valence-electron chi connectivity index (χ3n) is 4.16. The summed E-state index contributed by atoms with van der Waals surface area (Å²) in [4.78, 5) is 24.0. The molecule has 6 heteroatoms. The fourth-order valence-corrected chi connectivity index (χ4v) is 2.71. The number of amides is 2. The number of carbonyl (C=O) groups excluding carboxylic acids is 2. The summed E-state index contributed by atoms with van der Waals surface area (Å²) >= 11 is 0. The zero-order valence-corrected chi connectivity index (χ0v) is 14.7. The average Bonchev–Trinajstić information content (AvgIpc) is 2.70. The van der Waals surface area contributed by atoms with Gasteiger partial charge in [0, 0.05) is 5.56 Å². The lowest BCUT2D eigenvalue weighted by atomic mass is 10.0. The van der Waals surface area contributed by atoms with Crippen molar-refractivity contribution < 1.29 is 14.7 Å². The first-order valence-corrected chi connectivity index (χ1v) is 8.46. The van der Waals surface area contributed by atoms with Gasteiger partial charge in [-0.25, -0.2) is 5.43 Å². The van der Waals surface area contributed by atoms with Gasteiger partial charge in [-0.15, -0.1) is 0 Å². The second-order valence-corrected chi connectivity index (χ2v) is 6.02. The highest BCUT2D eigenvalue weighted by atomic mass is 16.3. The van der Waals surface area contributed by atoms with Gasteiger partial charge < -0.3 is 10.4 Å². The summed E-state index contributed by atoms with van der Waals surface area (Å²) in [5.74, 6) is -1.63. The lowest BCUT2D eigenvalue weighted by molar-refractivity contribution is -0.139. The Morgan fingerprint density at radius 1 is 0.963 bits per heavy atom. The minimum absolute atomic E-state index is 0.0360. The van der Waals surface area contributed by atoms with Gasteiger partial charge in [0.2, 0.25) is 0 Å². The lowest BCUT2D eigenvalue weighted by Gasteiger charge is -2.13. The van der Waals surface area contributed by atoms with Crippen LogP contribution in [0.1, 0.15) is 24.1 Å². The van der Waals surface area contributed by atoms with Crippen LogP contribution in [-0.2, 0) is 9.59 Å². The van der Waals surface area contributed by atoms with Crippen LogP contribution in [0.4, 0.5) is 0 Å². The van der Waals surface area contributed by atoms with E-state index in [0.29, 0.717) is 5.56 Å². The minimum Gasteiger partial charge on any atom is -0.507 e. The van der Waals surface area contributed by atoms with Crippen molar-refractivity contribution in [2.24, 2.45) is 5.10 Å². The molecule has 0 aliphatic rings. The number of rotatable bonds is 4. The highest BCUT2D eigenvalue weighted by Crippen LogP contribution is 2.25. The Labute approximate surface area is 156 Å². The summed E-state index contributed by atoms with van der Waals surface area (Å²) in [5.41, 5.74) is 3.54. The van der Waals surface area contributed by atoms with Crippen molar-refractivity contribution in [1.29, 1.82) is 0 Å². The number of hydrazone groups is 1. The number of benzene rings is 3. The van der Waals surface area contributed by atoms with E-state index >= 15 is 0 Å². The fourth-order valence-electron chi connectivity index (χ4n) is 2.71. The van der Waals surface area contributed by atoms with E-state index in [9.17, 15) is 14.7 Å². The van der Waals surface area contributed by atoms with Crippen molar-refractivity contribution in [2.75, 3.05) is 0 Å². The number of phenolic OH excluding ortho intramolecular Hbond substituents is 1. The zero-order chi connectivity index (χ0) is 19.2. The minimum atomic E-state index is -0.881. The number of carbonyl (C=O) groups is 2. The van der Waals surface area contributed by atoms with Gasteiger partial charge in [0.25, 0.3) is 0 Å². The van der Waals surface area contributed by atoms with Crippen molar-refractivity contribution in [1.82, 2.24) is 10.7 Å². The molecule has 0 unspecified atom stereocenters. The first-order chi connectivity index (χ1) is 13.1. The van der Waals surface area contributed by atoms with Gasteiger partial charge in [0.05, 0.1) is 12.3 Å². The van der Waals surface area contributed by atoms with E-state index < -0.39 is 11.8 Å². The molecule has 1 atom stereocenters. The number of nitrogens with one attached hydrogen (secondary N) is 2. The Morgan fingerprint density at radius 3 is 2.44 bits per heavy atom. The van der Waals surface area contributed by atoms with Crippen molar-refractivity contribution in [3.8, 4) is 5.75 Å². The maximum Gasteiger partial charge on any atom is 0.329 e. The summed E-state index contributed by atoms with van der Waals surface area (Å²) in [7, 11) is 0. The van der Waals surface area contributed by atoms with Gasteiger partial charge in [-0.3, -0.25) is 9.59 Å². The highest BCUT2D eigenvalue weighted by Gasteiger charge is 2.16. The molecule has 6 nitrogen and oxygen atoms in total. The van der Waals surface area contributed by atoms with E-state index in [1.165, 1.54) is 6.21 Å². The maximum absolute atomic E-state index is 12.0. The number of fused-ring (bicyclic) bond motifs is 1. The molecule has 0 radical (unpaired) electrons. The van der Waals surface area contributed by atoms with Crippen LogP contribution in [0, 0.1) is 0 Å². The molecule has 0 heterocycles. The van der Waals surface area contributed by atoms with Crippen molar-refractivity contribution in [2.45, 2.75) is 13.0 Å². The number of aromatic hydroxyl groups is 1. The van der Waals surface area contributed by atoms with E-state index in [4.69, 9.17) is 0 Å². The first kappa shape index (κ1) is 18.1. The van der Waals surface area contributed by atoms with Crippen LogP contribution in [0.5, 0.6) is 5.75 Å². The second-order valence-electron chi connectivity index (χ2n) is 6.02. The topological polar surface area (TPSA) is 90.8 Å². The molecule has 0 aliphatic carbocycles.